The molecule has 1 aliphatic heterocycles. The van der Waals surface area contributed by atoms with Crippen molar-refractivity contribution in [2.24, 2.45) is 0 Å². The highest BCUT2D eigenvalue weighted by molar-refractivity contribution is 7.89. The average Bonchev–Trinajstić information content (AvgIpc) is 2.77. The van der Waals surface area contributed by atoms with Gasteiger partial charge in [0.05, 0.1) is 22.3 Å². The van der Waals surface area contributed by atoms with Crippen LogP contribution in [-0.2, 0) is 19.2 Å². The van der Waals surface area contributed by atoms with Gasteiger partial charge in [0.15, 0.2) is 8.32 Å². The van der Waals surface area contributed by atoms with Crippen LogP contribution in [0.25, 0.3) is 0 Å². The Hall–Kier alpha value is -2.42. The van der Waals surface area contributed by atoms with Crippen LogP contribution in [0.2, 0.25) is 18.1 Å². The topological polar surface area (TPSA) is 72.9 Å². The minimum Gasteiger partial charge on any atom is -0.456 e. The fourth-order valence-corrected chi connectivity index (χ4v) is 6.25. The number of nitrogens with zero attached hydrogens (tertiary/aromatic N) is 1. The van der Waals surface area contributed by atoms with Gasteiger partial charge in [0.25, 0.3) is 10.0 Å². The quantitative estimate of drug-likeness (QED) is 0.369. The van der Waals surface area contributed by atoms with Crippen LogP contribution in [0.4, 0.5) is 0 Å². The molecule has 184 valence electrons. The molecule has 2 aromatic rings. The number of carbonyl (C=O) groups is 1. The predicted molar refractivity (Wildman–Crippen MR) is 137 cm³/mol. The van der Waals surface area contributed by atoms with Gasteiger partial charge in [-0.3, -0.25) is 4.31 Å². The van der Waals surface area contributed by atoms with Crippen molar-refractivity contribution in [2.75, 3.05) is 13.2 Å². The van der Waals surface area contributed by atoms with Gasteiger partial charge in [0.2, 0.25) is 0 Å². The molecule has 8 heteroatoms. The number of carbonyl (C=O) groups excluding carboxylic acids is 1. The zero-order valence-corrected chi connectivity index (χ0v) is 22.7. The number of hydrogen-bond donors (Lipinski definition) is 0. The van der Waals surface area contributed by atoms with Gasteiger partial charge in [-0.2, -0.15) is 0 Å². The zero-order chi connectivity index (χ0) is 25.1. The third-order valence-electron chi connectivity index (χ3n) is 6.54. The van der Waals surface area contributed by atoms with Crippen molar-refractivity contribution in [2.45, 2.75) is 63.2 Å². The van der Waals surface area contributed by atoms with E-state index in [1.54, 1.807) is 48.5 Å². The van der Waals surface area contributed by atoms with E-state index in [-0.39, 0.29) is 29.2 Å². The molecule has 1 heterocycles. The molecule has 0 N–H and O–H groups in total. The number of ether oxygens (including phenoxy) is 1. The Morgan fingerprint density at radius 3 is 2.26 bits per heavy atom. The molecular formula is C26H35NO5SSi. The maximum absolute atomic E-state index is 13.5. The van der Waals surface area contributed by atoms with E-state index in [9.17, 15) is 13.2 Å². The SMILES string of the molecule is Cc1ccc(S(=O)(=O)N2CCC(O[Si](C)(C)C(C)(C)C)C=C2COC(=O)c2ccccc2)cc1. The van der Waals surface area contributed by atoms with Gasteiger partial charge < -0.3 is 9.16 Å². The van der Waals surface area contributed by atoms with Crippen LogP contribution in [0, 0.1) is 6.92 Å². The molecule has 2 aromatic carbocycles. The number of benzene rings is 2. The highest BCUT2D eigenvalue weighted by Crippen LogP contribution is 2.39. The predicted octanol–water partition coefficient (Wildman–Crippen LogP) is 5.52. The molecule has 0 saturated carbocycles. The first-order valence-corrected chi connectivity index (χ1v) is 15.9. The summed E-state index contributed by atoms with van der Waals surface area (Å²) in [5.41, 5.74) is 1.81. The van der Waals surface area contributed by atoms with Crippen molar-refractivity contribution >= 4 is 24.3 Å². The van der Waals surface area contributed by atoms with Gasteiger partial charge in [0.1, 0.15) is 6.61 Å². The molecule has 0 aromatic heterocycles. The van der Waals surface area contributed by atoms with Crippen molar-refractivity contribution in [1.29, 1.82) is 0 Å². The first-order chi connectivity index (χ1) is 15.8. The Bertz CT molecular complexity index is 1140. The van der Waals surface area contributed by atoms with Crippen LogP contribution < -0.4 is 0 Å². The van der Waals surface area contributed by atoms with Crippen LogP contribution >= 0.6 is 0 Å². The average molecular weight is 502 g/mol. The van der Waals surface area contributed by atoms with Crippen LogP contribution in [0.1, 0.15) is 43.1 Å². The largest absolute Gasteiger partial charge is 0.456 e. The van der Waals surface area contributed by atoms with Crippen molar-refractivity contribution in [3.63, 3.8) is 0 Å². The van der Waals surface area contributed by atoms with E-state index in [1.807, 2.05) is 19.1 Å². The molecule has 0 radical (unpaired) electrons. The van der Waals surface area contributed by atoms with Gasteiger partial charge in [-0.1, -0.05) is 56.7 Å². The molecule has 6 nitrogen and oxygen atoms in total. The summed E-state index contributed by atoms with van der Waals surface area (Å²) in [6.07, 6.45) is 2.11. The van der Waals surface area contributed by atoms with Crippen LogP contribution in [-0.4, -0.2) is 46.3 Å². The summed E-state index contributed by atoms with van der Waals surface area (Å²) in [7, 11) is -5.88. The number of esters is 1. The van der Waals surface area contributed by atoms with Crippen LogP contribution in [0.3, 0.4) is 0 Å². The van der Waals surface area contributed by atoms with E-state index in [2.05, 4.69) is 33.9 Å². The van der Waals surface area contributed by atoms with Crippen molar-refractivity contribution in [3.05, 3.63) is 77.5 Å². The lowest BCUT2D eigenvalue weighted by atomic mass is 10.1. The van der Waals surface area contributed by atoms with Crippen LogP contribution in [0.5, 0.6) is 0 Å². The van der Waals surface area contributed by atoms with Gasteiger partial charge in [-0.15, -0.1) is 0 Å². The van der Waals surface area contributed by atoms with E-state index in [0.29, 0.717) is 17.7 Å². The summed E-state index contributed by atoms with van der Waals surface area (Å²) >= 11 is 0. The maximum atomic E-state index is 13.5. The van der Waals surface area contributed by atoms with Gasteiger partial charge >= 0.3 is 5.97 Å². The lowest BCUT2D eigenvalue weighted by molar-refractivity contribution is 0.0516. The molecule has 34 heavy (non-hydrogen) atoms. The molecule has 0 aliphatic carbocycles. The molecule has 0 spiro atoms. The highest BCUT2D eigenvalue weighted by atomic mass is 32.2. The maximum Gasteiger partial charge on any atom is 0.338 e. The minimum atomic E-state index is -3.81. The lowest BCUT2D eigenvalue weighted by Gasteiger charge is -2.41. The second-order valence-corrected chi connectivity index (χ2v) is 16.8. The number of sulfonamides is 1. The highest BCUT2D eigenvalue weighted by Gasteiger charge is 2.40. The van der Waals surface area contributed by atoms with E-state index >= 15 is 0 Å². The Morgan fingerprint density at radius 1 is 1.06 bits per heavy atom. The summed E-state index contributed by atoms with van der Waals surface area (Å²) in [6.45, 7) is 12.9. The summed E-state index contributed by atoms with van der Waals surface area (Å²) in [5.74, 6) is -0.498. The van der Waals surface area contributed by atoms with Gasteiger partial charge in [-0.05, 0) is 61.8 Å². The fourth-order valence-electron chi connectivity index (χ4n) is 3.45. The van der Waals surface area contributed by atoms with E-state index in [1.165, 1.54) is 4.31 Å². The molecule has 3 rings (SSSR count). The summed E-state index contributed by atoms with van der Waals surface area (Å²) in [5, 5.41) is 0.0197. The van der Waals surface area contributed by atoms with Crippen LogP contribution in [0.15, 0.2) is 71.3 Å². The molecule has 1 unspecified atom stereocenters. The van der Waals surface area contributed by atoms with Crippen molar-refractivity contribution in [1.82, 2.24) is 4.31 Å². The molecule has 1 atom stereocenters. The zero-order valence-electron chi connectivity index (χ0n) is 20.9. The Balaban J connectivity index is 1.90. The molecule has 1 aliphatic rings. The van der Waals surface area contributed by atoms with E-state index in [0.717, 1.165) is 5.56 Å². The van der Waals surface area contributed by atoms with Crippen molar-refractivity contribution in [3.8, 4) is 0 Å². The summed E-state index contributed by atoms with van der Waals surface area (Å²) in [4.78, 5) is 12.8. The van der Waals surface area contributed by atoms with E-state index < -0.39 is 24.3 Å². The van der Waals surface area contributed by atoms with Crippen molar-refractivity contribution < 1.29 is 22.4 Å². The third-order valence-corrected chi connectivity index (χ3v) is 12.9. The molecule has 0 saturated heterocycles. The summed E-state index contributed by atoms with van der Waals surface area (Å²) in [6, 6.07) is 15.4. The number of hydrogen-bond acceptors (Lipinski definition) is 5. The first kappa shape index (κ1) is 26.2. The molecule has 0 fully saturated rings. The Kier molecular flexibility index (Phi) is 7.74. The van der Waals surface area contributed by atoms with E-state index in [4.69, 9.17) is 9.16 Å². The number of rotatable bonds is 7. The monoisotopic (exact) mass is 501 g/mol. The van der Waals surface area contributed by atoms with Gasteiger partial charge in [-0.25, -0.2) is 13.2 Å². The molecule has 0 bridgehead atoms. The smallest absolute Gasteiger partial charge is 0.338 e. The minimum absolute atomic E-state index is 0.0197. The molecular weight excluding hydrogens is 466 g/mol. The first-order valence-electron chi connectivity index (χ1n) is 11.5. The fraction of sp³-hybridized carbons (Fsp3) is 0.423. The molecule has 0 amide bonds. The second-order valence-electron chi connectivity index (χ2n) is 10.2. The standard InChI is InChI=1S/C26H35NO5SSi/c1-20-12-14-24(15-13-20)33(29,30)27-17-16-23(32-34(5,6)26(2,3)4)18-22(27)19-31-25(28)21-10-8-7-9-11-21/h7-15,18,23H,16-17,19H2,1-6H3. The Morgan fingerprint density at radius 2 is 1.68 bits per heavy atom. The van der Waals surface area contributed by atoms with Gasteiger partial charge in [0, 0.05) is 6.54 Å². The lowest BCUT2D eigenvalue weighted by Crippen LogP contribution is -2.46. The Labute approximate surface area is 204 Å². The normalized spacial score (nSPS) is 17.3. The summed E-state index contributed by atoms with van der Waals surface area (Å²) < 4.78 is 40.4. The third kappa shape index (κ3) is 5.98. The second kappa shape index (κ2) is 10.1. The number of aryl methyl sites for hydroxylation is 1.